The first-order valence-electron chi connectivity index (χ1n) is 5.74. The van der Waals surface area contributed by atoms with Gasteiger partial charge in [0.15, 0.2) is 0 Å². The highest BCUT2D eigenvalue weighted by Gasteiger charge is 2.24. The van der Waals surface area contributed by atoms with Gasteiger partial charge in [-0.25, -0.2) is 0 Å². The minimum atomic E-state index is 0.202. The van der Waals surface area contributed by atoms with Gasteiger partial charge in [0.1, 0.15) is 5.75 Å². The number of rotatable bonds is 2. The number of ether oxygens (including phenoxy) is 1. The van der Waals surface area contributed by atoms with E-state index < -0.39 is 0 Å². The van der Waals surface area contributed by atoms with E-state index in [1.807, 2.05) is 0 Å². The first-order chi connectivity index (χ1) is 6.95. The van der Waals surface area contributed by atoms with Crippen LogP contribution in [0.3, 0.4) is 0 Å². The summed E-state index contributed by atoms with van der Waals surface area (Å²) in [5, 5.41) is 0. The van der Waals surface area contributed by atoms with E-state index in [0.717, 1.165) is 5.75 Å². The molecule has 0 aromatic heterocycles. The SMILES string of the molecule is Cc1cc(OC2CC2)cc(C(C)(C)C)c1. The van der Waals surface area contributed by atoms with Crippen LogP contribution < -0.4 is 4.74 Å². The summed E-state index contributed by atoms with van der Waals surface area (Å²) in [6.45, 7) is 8.85. The second-order valence-corrected chi connectivity index (χ2v) is 5.60. The maximum absolute atomic E-state index is 5.84. The van der Waals surface area contributed by atoms with Crippen molar-refractivity contribution in [1.82, 2.24) is 0 Å². The Balaban J connectivity index is 2.27. The summed E-state index contributed by atoms with van der Waals surface area (Å²) in [5.41, 5.74) is 2.85. The molecule has 1 aromatic rings. The average Bonchev–Trinajstić information content (AvgIpc) is 2.85. The van der Waals surface area contributed by atoms with Gasteiger partial charge >= 0.3 is 0 Å². The quantitative estimate of drug-likeness (QED) is 0.711. The van der Waals surface area contributed by atoms with Crippen LogP contribution in [-0.4, -0.2) is 6.10 Å². The third-order valence-electron chi connectivity index (χ3n) is 2.74. The fourth-order valence-corrected chi connectivity index (χ4v) is 1.63. The van der Waals surface area contributed by atoms with E-state index >= 15 is 0 Å². The largest absolute Gasteiger partial charge is 0.490 e. The molecule has 1 heteroatoms. The predicted molar refractivity (Wildman–Crippen MR) is 63.5 cm³/mol. The second-order valence-electron chi connectivity index (χ2n) is 5.60. The van der Waals surface area contributed by atoms with E-state index in [4.69, 9.17) is 4.74 Å². The Morgan fingerprint density at radius 1 is 1.13 bits per heavy atom. The van der Waals surface area contributed by atoms with Gasteiger partial charge in [-0.2, -0.15) is 0 Å². The average molecular weight is 204 g/mol. The molecule has 0 atom stereocenters. The van der Waals surface area contributed by atoms with Crippen LogP contribution in [-0.2, 0) is 5.41 Å². The summed E-state index contributed by atoms with van der Waals surface area (Å²) in [5.74, 6) is 1.04. The molecule has 82 valence electrons. The van der Waals surface area contributed by atoms with Gasteiger partial charge in [-0.3, -0.25) is 0 Å². The molecule has 1 aromatic carbocycles. The Morgan fingerprint density at radius 3 is 2.33 bits per heavy atom. The highest BCUT2D eigenvalue weighted by atomic mass is 16.5. The van der Waals surface area contributed by atoms with Gasteiger partial charge in [0.25, 0.3) is 0 Å². The molecule has 0 heterocycles. The monoisotopic (exact) mass is 204 g/mol. The molecule has 15 heavy (non-hydrogen) atoms. The van der Waals surface area contributed by atoms with Crippen molar-refractivity contribution in [3.8, 4) is 5.75 Å². The van der Waals surface area contributed by atoms with E-state index in [9.17, 15) is 0 Å². The van der Waals surface area contributed by atoms with Gasteiger partial charge in [0.2, 0.25) is 0 Å². The highest BCUT2D eigenvalue weighted by molar-refractivity contribution is 5.37. The molecule has 0 spiro atoms. The molecule has 0 N–H and O–H groups in total. The number of hydrogen-bond donors (Lipinski definition) is 0. The van der Waals surface area contributed by atoms with Crippen LogP contribution in [0.15, 0.2) is 18.2 Å². The fourth-order valence-electron chi connectivity index (χ4n) is 1.63. The molecule has 1 aliphatic carbocycles. The molecule has 0 saturated heterocycles. The highest BCUT2D eigenvalue weighted by Crippen LogP contribution is 2.31. The minimum Gasteiger partial charge on any atom is -0.490 e. The van der Waals surface area contributed by atoms with Crippen molar-refractivity contribution in [3.05, 3.63) is 29.3 Å². The maximum atomic E-state index is 5.84. The van der Waals surface area contributed by atoms with Gasteiger partial charge in [-0.05, 0) is 48.4 Å². The van der Waals surface area contributed by atoms with Crippen molar-refractivity contribution >= 4 is 0 Å². The smallest absolute Gasteiger partial charge is 0.120 e. The second kappa shape index (κ2) is 3.55. The molecule has 1 aliphatic rings. The van der Waals surface area contributed by atoms with Gasteiger partial charge < -0.3 is 4.74 Å². The van der Waals surface area contributed by atoms with Crippen molar-refractivity contribution < 1.29 is 4.74 Å². The third kappa shape index (κ3) is 2.74. The van der Waals surface area contributed by atoms with Crippen LogP contribution in [0, 0.1) is 6.92 Å². The van der Waals surface area contributed by atoms with Gasteiger partial charge in [0, 0.05) is 0 Å². The summed E-state index contributed by atoms with van der Waals surface area (Å²) in [6.07, 6.45) is 2.93. The minimum absolute atomic E-state index is 0.202. The Morgan fingerprint density at radius 2 is 1.80 bits per heavy atom. The zero-order valence-electron chi connectivity index (χ0n) is 10.1. The van der Waals surface area contributed by atoms with Crippen LogP contribution >= 0.6 is 0 Å². The molecule has 0 bridgehead atoms. The van der Waals surface area contributed by atoms with Gasteiger partial charge in [0.05, 0.1) is 6.10 Å². The van der Waals surface area contributed by atoms with Crippen molar-refractivity contribution in [2.45, 2.75) is 52.1 Å². The van der Waals surface area contributed by atoms with E-state index in [2.05, 4.69) is 45.9 Å². The fraction of sp³-hybridized carbons (Fsp3) is 0.571. The summed E-state index contributed by atoms with van der Waals surface area (Å²) >= 11 is 0. The lowest BCUT2D eigenvalue weighted by molar-refractivity contribution is 0.302. The number of benzene rings is 1. The lowest BCUT2D eigenvalue weighted by Gasteiger charge is -2.20. The molecule has 2 rings (SSSR count). The molecular formula is C14H20O. The van der Waals surface area contributed by atoms with E-state index in [1.165, 1.54) is 24.0 Å². The summed E-state index contributed by atoms with van der Waals surface area (Å²) in [7, 11) is 0. The molecule has 0 radical (unpaired) electrons. The zero-order valence-corrected chi connectivity index (χ0v) is 10.1. The first kappa shape index (κ1) is 10.5. The normalized spacial score (nSPS) is 16.5. The van der Waals surface area contributed by atoms with Crippen LogP contribution in [0.4, 0.5) is 0 Å². The molecule has 1 saturated carbocycles. The van der Waals surface area contributed by atoms with Crippen molar-refractivity contribution in [3.63, 3.8) is 0 Å². The van der Waals surface area contributed by atoms with Crippen LogP contribution in [0.5, 0.6) is 5.75 Å². The Bertz CT molecular complexity index is 356. The van der Waals surface area contributed by atoms with Gasteiger partial charge in [-0.1, -0.05) is 26.8 Å². The van der Waals surface area contributed by atoms with E-state index in [-0.39, 0.29) is 5.41 Å². The van der Waals surface area contributed by atoms with Crippen molar-refractivity contribution in [2.24, 2.45) is 0 Å². The van der Waals surface area contributed by atoms with Crippen molar-refractivity contribution in [2.75, 3.05) is 0 Å². The van der Waals surface area contributed by atoms with E-state index in [1.54, 1.807) is 0 Å². The lowest BCUT2D eigenvalue weighted by Crippen LogP contribution is -2.11. The standard InChI is InChI=1S/C14H20O/c1-10-7-11(14(2,3)4)9-13(8-10)15-12-5-6-12/h7-9,12H,5-6H2,1-4H3. The van der Waals surface area contributed by atoms with Gasteiger partial charge in [-0.15, -0.1) is 0 Å². The number of hydrogen-bond acceptors (Lipinski definition) is 1. The van der Waals surface area contributed by atoms with E-state index in [0.29, 0.717) is 6.10 Å². The molecule has 1 fully saturated rings. The Labute approximate surface area is 92.5 Å². The number of aryl methyl sites for hydroxylation is 1. The summed E-state index contributed by atoms with van der Waals surface area (Å²) < 4.78 is 5.84. The zero-order chi connectivity index (χ0) is 11.1. The van der Waals surface area contributed by atoms with Crippen molar-refractivity contribution in [1.29, 1.82) is 0 Å². The molecule has 1 nitrogen and oxygen atoms in total. The molecular weight excluding hydrogens is 184 g/mol. The maximum Gasteiger partial charge on any atom is 0.120 e. The lowest BCUT2D eigenvalue weighted by atomic mass is 9.86. The molecule has 0 aliphatic heterocycles. The Kier molecular flexibility index (Phi) is 2.49. The summed E-state index contributed by atoms with van der Waals surface area (Å²) in [4.78, 5) is 0. The van der Waals surface area contributed by atoms with Crippen LogP contribution in [0.1, 0.15) is 44.7 Å². The topological polar surface area (TPSA) is 9.23 Å². The summed E-state index contributed by atoms with van der Waals surface area (Å²) in [6, 6.07) is 6.57. The Hall–Kier alpha value is -0.980. The molecule has 0 unspecified atom stereocenters. The van der Waals surface area contributed by atoms with Crippen LogP contribution in [0.2, 0.25) is 0 Å². The predicted octanol–water partition coefficient (Wildman–Crippen LogP) is 3.83. The van der Waals surface area contributed by atoms with Crippen LogP contribution in [0.25, 0.3) is 0 Å². The third-order valence-corrected chi connectivity index (χ3v) is 2.74. The first-order valence-corrected chi connectivity index (χ1v) is 5.74. The molecule has 0 amide bonds.